The second kappa shape index (κ2) is 11.0. The van der Waals surface area contributed by atoms with Crippen LogP contribution in [0.25, 0.3) is 0 Å². The van der Waals surface area contributed by atoms with Crippen molar-refractivity contribution in [3.05, 3.63) is 42.0 Å². The first-order valence-electron chi connectivity index (χ1n) is 7.85. The second-order valence-corrected chi connectivity index (χ2v) is 5.12. The summed E-state index contributed by atoms with van der Waals surface area (Å²) < 4.78 is 5.20. The Balaban J connectivity index is 2.00. The van der Waals surface area contributed by atoms with E-state index in [9.17, 15) is 4.79 Å². The fourth-order valence-electron chi connectivity index (χ4n) is 2.02. The normalized spacial score (nSPS) is 10.9. The van der Waals surface area contributed by atoms with Crippen molar-refractivity contribution in [1.29, 1.82) is 0 Å². The summed E-state index contributed by atoms with van der Waals surface area (Å²) in [6.45, 7) is 2.62. The van der Waals surface area contributed by atoms with Crippen LogP contribution >= 0.6 is 0 Å². The van der Waals surface area contributed by atoms with Gasteiger partial charge in [0.25, 0.3) is 0 Å². The zero-order valence-electron chi connectivity index (χ0n) is 12.9. The summed E-state index contributed by atoms with van der Waals surface area (Å²) in [5, 5.41) is 9.15. The molecule has 0 bridgehead atoms. The summed E-state index contributed by atoms with van der Waals surface area (Å²) in [7, 11) is 0. The number of phenols is 1. The largest absolute Gasteiger partial charge is 0.508 e. The number of hydrogen-bond donors (Lipinski definition) is 1. The molecular formula is C18H26O3. The Hall–Kier alpha value is -1.77. The highest BCUT2D eigenvalue weighted by Crippen LogP contribution is 2.11. The molecule has 116 valence electrons. The molecule has 1 aromatic carbocycles. The van der Waals surface area contributed by atoms with Crippen LogP contribution in [-0.4, -0.2) is 17.7 Å². The molecule has 0 saturated heterocycles. The smallest absolute Gasteiger partial charge is 0.338 e. The fourth-order valence-corrected chi connectivity index (χ4v) is 2.02. The zero-order chi connectivity index (χ0) is 15.3. The Kier molecular flexibility index (Phi) is 9.01. The van der Waals surface area contributed by atoms with Gasteiger partial charge in [-0.05, 0) is 49.9 Å². The number of rotatable bonds is 10. The zero-order valence-corrected chi connectivity index (χ0v) is 12.9. The van der Waals surface area contributed by atoms with Crippen LogP contribution in [0, 0.1) is 0 Å². The average molecular weight is 290 g/mol. The summed E-state index contributed by atoms with van der Waals surface area (Å²) in [6.07, 6.45) is 12.4. The van der Waals surface area contributed by atoms with Gasteiger partial charge in [-0.15, -0.1) is 0 Å². The van der Waals surface area contributed by atoms with Gasteiger partial charge in [-0.2, -0.15) is 0 Å². The third-order valence-electron chi connectivity index (χ3n) is 3.25. The number of phenolic OH excluding ortho intramolecular Hbond substituents is 1. The Morgan fingerprint density at radius 3 is 2.43 bits per heavy atom. The third-order valence-corrected chi connectivity index (χ3v) is 3.25. The molecule has 3 heteroatoms. The standard InChI is InChI=1S/C18H26O3/c1-2-3-4-5-6-7-8-9-10-15-21-18(20)16-11-13-17(19)14-12-16/h3-4,11-14,19H,2,5-10,15H2,1H3/b4-3+. The molecule has 0 radical (unpaired) electrons. The van der Waals surface area contributed by atoms with E-state index < -0.39 is 0 Å². The highest BCUT2D eigenvalue weighted by molar-refractivity contribution is 5.89. The van der Waals surface area contributed by atoms with Crippen LogP contribution in [0.2, 0.25) is 0 Å². The minimum Gasteiger partial charge on any atom is -0.508 e. The third kappa shape index (κ3) is 8.18. The van der Waals surface area contributed by atoms with Crippen molar-refractivity contribution in [3.63, 3.8) is 0 Å². The van der Waals surface area contributed by atoms with E-state index >= 15 is 0 Å². The maximum absolute atomic E-state index is 11.7. The van der Waals surface area contributed by atoms with Crippen molar-refractivity contribution < 1.29 is 14.6 Å². The molecule has 1 rings (SSSR count). The number of benzene rings is 1. The number of ether oxygens (including phenoxy) is 1. The van der Waals surface area contributed by atoms with Crippen molar-refractivity contribution in [2.45, 2.75) is 51.9 Å². The van der Waals surface area contributed by atoms with Gasteiger partial charge in [-0.25, -0.2) is 4.79 Å². The highest BCUT2D eigenvalue weighted by atomic mass is 16.5. The van der Waals surface area contributed by atoms with E-state index in [1.54, 1.807) is 12.1 Å². The monoisotopic (exact) mass is 290 g/mol. The van der Waals surface area contributed by atoms with E-state index in [4.69, 9.17) is 9.84 Å². The van der Waals surface area contributed by atoms with Crippen molar-refractivity contribution >= 4 is 5.97 Å². The van der Waals surface area contributed by atoms with Crippen LogP contribution in [0.4, 0.5) is 0 Å². The summed E-state index contributed by atoms with van der Waals surface area (Å²) in [5.74, 6) is -0.167. The van der Waals surface area contributed by atoms with Crippen LogP contribution in [0.15, 0.2) is 36.4 Å². The molecular weight excluding hydrogens is 264 g/mol. The highest BCUT2D eigenvalue weighted by Gasteiger charge is 2.06. The summed E-state index contributed by atoms with van der Waals surface area (Å²) in [4.78, 5) is 11.7. The number of aromatic hydroxyl groups is 1. The Morgan fingerprint density at radius 1 is 1.05 bits per heavy atom. The predicted octanol–water partition coefficient (Wildman–Crippen LogP) is 4.86. The van der Waals surface area contributed by atoms with Gasteiger partial charge in [0.05, 0.1) is 12.2 Å². The van der Waals surface area contributed by atoms with Crippen LogP contribution in [-0.2, 0) is 4.74 Å². The van der Waals surface area contributed by atoms with Crippen LogP contribution in [0.1, 0.15) is 62.2 Å². The number of hydrogen-bond acceptors (Lipinski definition) is 3. The van der Waals surface area contributed by atoms with Gasteiger partial charge in [0, 0.05) is 0 Å². The van der Waals surface area contributed by atoms with E-state index in [0.717, 1.165) is 19.3 Å². The first-order valence-corrected chi connectivity index (χ1v) is 7.85. The minimum absolute atomic E-state index is 0.153. The number of esters is 1. The molecule has 3 nitrogen and oxygen atoms in total. The molecule has 0 amide bonds. The predicted molar refractivity (Wildman–Crippen MR) is 85.5 cm³/mol. The quantitative estimate of drug-likeness (QED) is 0.380. The van der Waals surface area contributed by atoms with E-state index in [2.05, 4.69) is 19.1 Å². The van der Waals surface area contributed by atoms with Crippen molar-refractivity contribution in [3.8, 4) is 5.75 Å². The summed E-state index contributed by atoms with van der Waals surface area (Å²) in [5.41, 5.74) is 0.482. The van der Waals surface area contributed by atoms with Gasteiger partial charge in [-0.1, -0.05) is 38.3 Å². The van der Waals surface area contributed by atoms with E-state index in [0.29, 0.717) is 12.2 Å². The second-order valence-electron chi connectivity index (χ2n) is 5.12. The van der Waals surface area contributed by atoms with Gasteiger partial charge < -0.3 is 9.84 Å². The molecule has 0 spiro atoms. The number of carbonyl (C=O) groups is 1. The van der Waals surface area contributed by atoms with E-state index in [1.165, 1.54) is 37.8 Å². The number of allylic oxidation sites excluding steroid dienone is 2. The lowest BCUT2D eigenvalue weighted by molar-refractivity contribution is 0.0497. The molecule has 0 saturated carbocycles. The van der Waals surface area contributed by atoms with E-state index in [1.807, 2.05) is 0 Å². The molecule has 0 aliphatic heterocycles. The Morgan fingerprint density at radius 2 is 1.71 bits per heavy atom. The maximum atomic E-state index is 11.7. The van der Waals surface area contributed by atoms with Crippen molar-refractivity contribution in [1.82, 2.24) is 0 Å². The molecule has 0 fully saturated rings. The SMILES string of the molecule is CC/C=C/CCCCCCCOC(=O)c1ccc(O)cc1. The van der Waals surface area contributed by atoms with Crippen molar-refractivity contribution in [2.24, 2.45) is 0 Å². The lowest BCUT2D eigenvalue weighted by Crippen LogP contribution is -2.06. The van der Waals surface area contributed by atoms with Gasteiger partial charge in [0.15, 0.2) is 0 Å². The van der Waals surface area contributed by atoms with Crippen molar-refractivity contribution in [2.75, 3.05) is 6.61 Å². The first kappa shape index (κ1) is 17.3. The van der Waals surface area contributed by atoms with Crippen LogP contribution in [0.5, 0.6) is 5.75 Å². The van der Waals surface area contributed by atoms with Gasteiger partial charge in [0.2, 0.25) is 0 Å². The minimum atomic E-state index is -0.320. The Labute approximate surface area is 127 Å². The molecule has 0 aromatic heterocycles. The average Bonchev–Trinajstić information content (AvgIpc) is 2.49. The fraction of sp³-hybridized carbons (Fsp3) is 0.500. The summed E-state index contributed by atoms with van der Waals surface area (Å²) in [6, 6.07) is 6.12. The molecule has 0 unspecified atom stereocenters. The lowest BCUT2D eigenvalue weighted by Gasteiger charge is -2.05. The Bertz CT molecular complexity index is 421. The number of unbranched alkanes of at least 4 members (excludes halogenated alkanes) is 5. The van der Waals surface area contributed by atoms with Gasteiger partial charge in [0.1, 0.15) is 5.75 Å². The molecule has 0 aliphatic rings. The van der Waals surface area contributed by atoms with Gasteiger partial charge >= 0.3 is 5.97 Å². The molecule has 0 aliphatic carbocycles. The molecule has 1 N–H and O–H groups in total. The lowest BCUT2D eigenvalue weighted by atomic mass is 10.1. The van der Waals surface area contributed by atoms with E-state index in [-0.39, 0.29) is 11.7 Å². The summed E-state index contributed by atoms with van der Waals surface area (Å²) >= 11 is 0. The molecule has 0 heterocycles. The molecule has 1 aromatic rings. The molecule has 21 heavy (non-hydrogen) atoms. The number of carbonyl (C=O) groups excluding carboxylic acids is 1. The van der Waals surface area contributed by atoms with Crippen LogP contribution in [0.3, 0.4) is 0 Å². The maximum Gasteiger partial charge on any atom is 0.338 e. The molecule has 0 atom stereocenters. The first-order chi connectivity index (χ1) is 10.2. The van der Waals surface area contributed by atoms with Gasteiger partial charge in [-0.3, -0.25) is 0 Å². The van der Waals surface area contributed by atoms with Crippen LogP contribution < -0.4 is 0 Å². The topological polar surface area (TPSA) is 46.5 Å².